The van der Waals surface area contributed by atoms with Crippen LogP contribution in [-0.2, 0) is 9.59 Å². The van der Waals surface area contributed by atoms with Crippen molar-refractivity contribution >= 4 is 45.2 Å². The Morgan fingerprint density at radius 3 is 2.88 bits per heavy atom. The number of benzene rings is 1. The fourth-order valence-electron chi connectivity index (χ4n) is 2.83. The molecular weight excluding hydrogens is 390 g/mol. The van der Waals surface area contributed by atoms with Crippen molar-refractivity contribution in [1.82, 2.24) is 10.2 Å². The number of carbonyl (C=O) groups excluding carboxylic acids is 2. The maximum Gasteiger partial charge on any atom is 0.234 e. The van der Waals surface area contributed by atoms with Gasteiger partial charge in [0, 0.05) is 22.7 Å². The normalized spacial score (nSPS) is 17.7. The summed E-state index contributed by atoms with van der Waals surface area (Å²) in [4.78, 5) is 26.2. The van der Waals surface area contributed by atoms with Gasteiger partial charge in [0.1, 0.15) is 0 Å². The van der Waals surface area contributed by atoms with Crippen molar-refractivity contribution < 1.29 is 9.59 Å². The van der Waals surface area contributed by atoms with Crippen molar-refractivity contribution in [2.45, 2.75) is 25.8 Å². The van der Waals surface area contributed by atoms with E-state index in [1.807, 2.05) is 24.3 Å². The highest BCUT2D eigenvalue weighted by molar-refractivity contribution is 9.10. The molecule has 5 nitrogen and oxygen atoms in total. The lowest BCUT2D eigenvalue weighted by Gasteiger charge is -2.22. The number of rotatable bonds is 8. The van der Waals surface area contributed by atoms with Crippen molar-refractivity contribution in [3.05, 3.63) is 28.7 Å². The summed E-state index contributed by atoms with van der Waals surface area (Å²) >= 11 is 4.70. The molecule has 0 bridgehead atoms. The van der Waals surface area contributed by atoms with Gasteiger partial charge < -0.3 is 10.6 Å². The Hall–Kier alpha value is -1.05. The monoisotopic (exact) mass is 413 g/mol. The largest absolute Gasteiger partial charge is 0.354 e. The van der Waals surface area contributed by atoms with Crippen LogP contribution in [0.15, 0.2) is 28.7 Å². The highest BCUT2D eigenvalue weighted by Gasteiger charge is 2.22. The minimum atomic E-state index is -0.0983. The van der Waals surface area contributed by atoms with Crippen LogP contribution >= 0.6 is 27.7 Å². The van der Waals surface area contributed by atoms with E-state index in [4.69, 9.17) is 0 Å². The minimum absolute atomic E-state index is 0.00166. The Balaban J connectivity index is 1.61. The first-order chi connectivity index (χ1) is 11.6. The van der Waals surface area contributed by atoms with E-state index in [1.54, 1.807) is 0 Å². The molecule has 1 saturated heterocycles. The predicted molar refractivity (Wildman–Crippen MR) is 103 cm³/mol. The minimum Gasteiger partial charge on any atom is -0.354 e. The lowest BCUT2D eigenvalue weighted by molar-refractivity contribution is -0.118. The van der Waals surface area contributed by atoms with Gasteiger partial charge in [-0.05, 0) is 44.1 Å². The lowest BCUT2D eigenvalue weighted by Crippen LogP contribution is -2.40. The van der Waals surface area contributed by atoms with Gasteiger partial charge in [0.15, 0.2) is 0 Å². The summed E-state index contributed by atoms with van der Waals surface area (Å²) in [6, 6.07) is 7.91. The smallest absolute Gasteiger partial charge is 0.234 e. The van der Waals surface area contributed by atoms with Crippen LogP contribution in [0.3, 0.4) is 0 Å². The van der Waals surface area contributed by atoms with Crippen LogP contribution in [0.25, 0.3) is 0 Å². The molecule has 0 aliphatic carbocycles. The molecule has 0 saturated carbocycles. The van der Waals surface area contributed by atoms with Gasteiger partial charge >= 0.3 is 0 Å². The zero-order valence-electron chi connectivity index (χ0n) is 13.9. The average Bonchev–Trinajstić information content (AvgIpc) is 3.00. The molecule has 2 rings (SSSR count). The summed E-state index contributed by atoms with van der Waals surface area (Å²) < 4.78 is 0.917. The standard InChI is InChI=1S/C17H24BrN3O2S/c1-2-21-8-4-7-15(21)10-19-16(22)11-24-12-17(23)20-14-6-3-5-13(18)9-14/h3,5-6,9,15H,2,4,7-8,10-12H2,1H3,(H,19,22)(H,20,23). The molecule has 24 heavy (non-hydrogen) atoms. The molecule has 1 aliphatic rings. The SMILES string of the molecule is CCN1CCCC1CNC(=O)CSCC(=O)Nc1cccc(Br)c1. The second kappa shape index (κ2) is 10.1. The molecule has 0 spiro atoms. The molecule has 0 aromatic heterocycles. The van der Waals surface area contributed by atoms with Gasteiger partial charge in [-0.3, -0.25) is 14.5 Å². The fraction of sp³-hybridized carbons (Fsp3) is 0.529. The van der Waals surface area contributed by atoms with E-state index in [0.29, 0.717) is 18.3 Å². The third kappa shape index (κ3) is 6.45. The van der Waals surface area contributed by atoms with Gasteiger partial charge in [0.25, 0.3) is 0 Å². The van der Waals surface area contributed by atoms with Crippen LogP contribution in [0, 0.1) is 0 Å². The summed E-state index contributed by atoms with van der Waals surface area (Å²) in [5, 5.41) is 5.80. The molecule has 1 fully saturated rings. The first-order valence-electron chi connectivity index (χ1n) is 8.22. The Labute approximate surface area is 156 Å². The molecule has 0 radical (unpaired) electrons. The molecule has 1 atom stereocenters. The van der Waals surface area contributed by atoms with E-state index >= 15 is 0 Å². The number of thioether (sulfide) groups is 1. The molecule has 7 heteroatoms. The maximum atomic E-state index is 11.9. The van der Waals surface area contributed by atoms with Gasteiger partial charge in [0.05, 0.1) is 11.5 Å². The van der Waals surface area contributed by atoms with Crippen molar-refractivity contribution in [2.75, 3.05) is 36.5 Å². The number of nitrogens with one attached hydrogen (secondary N) is 2. The van der Waals surface area contributed by atoms with Crippen LogP contribution in [0.1, 0.15) is 19.8 Å². The van der Waals surface area contributed by atoms with Crippen molar-refractivity contribution in [2.24, 2.45) is 0 Å². The van der Waals surface area contributed by atoms with E-state index in [-0.39, 0.29) is 17.6 Å². The molecule has 132 valence electrons. The highest BCUT2D eigenvalue weighted by atomic mass is 79.9. The quantitative estimate of drug-likeness (QED) is 0.687. The second-order valence-corrected chi connectivity index (χ2v) is 7.68. The van der Waals surface area contributed by atoms with E-state index in [2.05, 4.69) is 38.4 Å². The van der Waals surface area contributed by atoms with Gasteiger partial charge in [-0.25, -0.2) is 0 Å². The maximum absolute atomic E-state index is 11.9. The number of nitrogens with zero attached hydrogens (tertiary/aromatic N) is 1. The summed E-state index contributed by atoms with van der Waals surface area (Å²) in [6.07, 6.45) is 2.36. The molecule has 1 aliphatic heterocycles. The van der Waals surface area contributed by atoms with Crippen molar-refractivity contribution in [1.29, 1.82) is 0 Å². The van der Waals surface area contributed by atoms with Crippen LogP contribution in [0.2, 0.25) is 0 Å². The van der Waals surface area contributed by atoms with Crippen LogP contribution in [0.5, 0.6) is 0 Å². The second-order valence-electron chi connectivity index (χ2n) is 5.78. The molecule has 1 unspecified atom stereocenters. The fourth-order valence-corrected chi connectivity index (χ4v) is 3.87. The third-order valence-corrected chi connectivity index (χ3v) is 5.44. The number of hydrogen-bond acceptors (Lipinski definition) is 4. The van der Waals surface area contributed by atoms with Crippen LogP contribution in [-0.4, -0.2) is 53.9 Å². The summed E-state index contributed by atoms with van der Waals surface area (Å²) in [5.41, 5.74) is 0.750. The zero-order chi connectivity index (χ0) is 17.4. The van der Waals surface area contributed by atoms with E-state index in [9.17, 15) is 9.59 Å². The number of halogens is 1. The summed E-state index contributed by atoms with van der Waals surface area (Å²) in [5.74, 6) is 0.479. The van der Waals surface area contributed by atoms with E-state index < -0.39 is 0 Å². The van der Waals surface area contributed by atoms with E-state index in [1.165, 1.54) is 18.2 Å². The van der Waals surface area contributed by atoms with E-state index in [0.717, 1.165) is 29.7 Å². The highest BCUT2D eigenvalue weighted by Crippen LogP contribution is 2.16. The molecule has 2 N–H and O–H groups in total. The zero-order valence-corrected chi connectivity index (χ0v) is 16.3. The topological polar surface area (TPSA) is 61.4 Å². The molecular formula is C17H24BrN3O2S. The number of amides is 2. The number of likely N-dealkylation sites (tertiary alicyclic amines) is 1. The summed E-state index contributed by atoms with van der Waals surface area (Å²) in [6.45, 7) is 5.02. The molecule has 1 aromatic rings. The van der Waals surface area contributed by atoms with Gasteiger partial charge in [-0.2, -0.15) is 0 Å². The van der Waals surface area contributed by atoms with Crippen LogP contribution in [0.4, 0.5) is 5.69 Å². The van der Waals surface area contributed by atoms with Crippen LogP contribution < -0.4 is 10.6 Å². The molecule has 1 heterocycles. The first-order valence-corrected chi connectivity index (χ1v) is 10.2. The number of anilines is 1. The Morgan fingerprint density at radius 2 is 2.12 bits per heavy atom. The van der Waals surface area contributed by atoms with Crippen molar-refractivity contribution in [3.8, 4) is 0 Å². The number of carbonyl (C=O) groups is 2. The first kappa shape index (κ1) is 19.3. The van der Waals surface area contributed by atoms with Gasteiger partial charge in [-0.15, -0.1) is 11.8 Å². The third-order valence-electron chi connectivity index (χ3n) is 4.01. The average molecular weight is 414 g/mol. The molecule has 1 aromatic carbocycles. The predicted octanol–water partition coefficient (Wildman–Crippen LogP) is 2.72. The molecule has 2 amide bonds. The Morgan fingerprint density at radius 1 is 1.33 bits per heavy atom. The van der Waals surface area contributed by atoms with Gasteiger partial charge in [0.2, 0.25) is 11.8 Å². The number of likely N-dealkylation sites (N-methyl/N-ethyl adjacent to an activating group) is 1. The number of hydrogen-bond donors (Lipinski definition) is 2. The van der Waals surface area contributed by atoms with Crippen molar-refractivity contribution in [3.63, 3.8) is 0 Å². The lowest BCUT2D eigenvalue weighted by atomic mass is 10.2. The Bertz CT molecular complexity index is 571. The van der Waals surface area contributed by atoms with Gasteiger partial charge in [-0.1, -0.05) is 28.9 Å². The summed E-state index contributed by atoms with van der Waals surface area (Å²) in [7, 11) is 0. The Kier molecular flexibility index (Phi) is 8.08.